The second kappa shape index (κ2) is 8.14. The third-order valence-corrected chi connectivity index (χ3v) is 3.54. The zero-order valence-corrected chi connectivity index (χ0v) is 14.1. The van der Waals surface area contributed by atoms with E-state index in [4.69, 9.17) is 4.52 Å². The van der Waals surface area contributed by atoms with Crippen molar-refractivity contribution in [2.75, 3.05) is 17.7 Å². The van der Waals surface area contributed by atoms with Gasteiger partial charge >= 0.3 is 0 Å². The first-order chi connectivity index (χ1) is 11.5. The molecule has 7 nitrogen and oxygen atoms in total. The average Bonchev–Trinajstić information content (AvgIpc) is 2.98. The van der Waals surface area contributed by atoms with Gasteiger partial charge in [0.25, 0.3) is 0 Å². The summed E-state index contributed by atoms with van der Waals surface area (Å²) in [5.41, 5.74) is 1.73. The van der Waals surface area contributed by atoms with Crippen LogP contribution in [0.4, 0.5) is 11.5 Å². The summed E-state index contributed by atoms with van der Waals surface area (Å²) in [6.45, 7) is 3.68. The maximum Gasteiger partial charge on any atom is 0.248 e. The average molecular weight is 330 g/mol. The fourth-order valence-electron chi connectivity index (χ4n) is 2.19. The summed E-state index contributed by atoms with van der Waals surface area (Å²) in [6, 6.07) is 8.71. The van der Waals surface area contributed by atoms with Gasteiger partial charge < -0.3 is 20.5 Å². The third-order valence-electron chi connectivity index (χ3n) is 3.54. The molecule has 0 bridgehead atoms. The molecule has 0 fully saturated rings. The molecule has 128 valence electrons. The Morgan fingerprint density at radius 3 is 2.50 bits per heavy atom. The zero-order valence-electron chi connectivity index (χ0n) is 14.1. The second-order valence-corrected chi connectivity index (χ2v) is 5.46. The van der Waals surface area contributed by atoms with Gasteiger partial charge in [-0.2, -0.15) is 0 Å². The van der Waals surface area contributed by atoms with Crippen molar-refractivity contribution in [1.82, 2.24) is 10.5 Å². The van der Waals surface area contributed by atoms with Crippen LogP contribution in [0.1, 0.15) is 24.7 Å². The van der Waals surface area contributed by atoms with Gasteiger partial charge in [-0.3, -0.25) is 9.59 Å². The summed E-state index contributed by atoms with van der Waals surface area (Å²) in [7, 11) is 1.61. The molecule has 0 saturated heterocycles. The van der Waals surface area contributed by atoms with Gasteiger partial charge in [0.2, 0.25) is 11.8 Å². The highest BCUT2D eigenvalue weighted by Crippen LogP contribution is 2.14. The van der Waals surface area contributed by atoms with Crippen LogP contribution in [0.2, 0.25) is 0 Å². The Bertz CT molecular complexity index is 694. The lowest BCUT2D eigenvalue weighted by Gasteiger charge is -2.17. The van der Waals surface area contributed by atoms with Crippen molar-refractivity contribution in [3.8, 4) is 0 Å². The van der Waals surface area contributed by atoms with E-state index in [-0.39, 0.29) is 11.8 Å². The van der Waals surface area contributed by atoms with Gasteiger partial charge in [0.1, 0.15) is 11.8 Å². The number of rotatable bonds is 7. The molecule has 0 radical (unpaired) electrons. The number of nitrogens with zero attached hydrogens (tertiary/aromatic N) is 1. The van der Waals surface area contributed by atoms with E-state index in [1.807, 2.05) is 31.2 Å². The summed E-state index contributed by atoms with van der Waals surface area (Å²) in [6.07, 6.45) is 0.947. The Labute approximate surface area is 140 Å². The van der Waals surface area contributed by atoms with Crippen LogP contribution < -0.4 is 16.0 Å². The largest absolute Gasteiger partial charge is 0.374 e. The lowest BCUT2D eigenvalue weighted by atomic mass is 10.1. The third kappa shape index (κ3) is 4.84. The number of carbonyl (C=O) groups is 2. The van der Waals surface area contributed by atoms with Crippen molar-refractivity contribution in [2.45, 2.75) is 32.7 Å². The molecule has 1 aromatic carbocycles. The summed E-state index contributed by atoms with van der Waals surface area (Å²) in [4.78, 5) is 23.7. The number of hydrogen-bond donors (Lipinski definition) is 3. The normalized spacial score (nSPS) is 11.6. The fourth-order valence-corrected chi connectivity index (χ4v) is 2.19. The standard InChI is InChI=1S/C17H22N4O3/c1-4-14(17(23)20-15-9-11(2)24-21-15)19-13-7-5-12(6-8-13)10-16(22)18-3/h5-9,14,19H,4,10H2,1-3H3,(H,18,22)(H,20,21,23). The first-order valence-electron chi connectivity index (χ1n) is 7.82. The number of hydrogen-bond acceptors (Lipinski definition) is 5. The summed E-state index contributed by atoms with van der Waals surface area (Å²) in [5, 5.41) is 12.2. The van der Waals surface area contributed by atoms with E-state index in [1.54, 1.807) is 20.0 Å². The number of nitrogens with one attached hydrogen (secondary N) is 3. The van der Waals surface area contributed by atoms with Crippen LogP contribution in [0.3, 0.4) is 0 Å². The Hall–Kier alpha value is -2.83. The van der Waals surface area contributed by atoms with Gasteiger partial charge in [0.15, 0.2) is 5.82 Å². The zero-order chi connectivity index (χ0) is 17.5. The lowest BCUT2D eigenvalue weighted by molar-refractivity contribution is -0.120. The van der Waals surface area contributed by atoms with Gasteiger partial charge in [-0.15, -0.1) is 0 Å². The number of benzene rings is 1. The molecule has 0 aliphatic heterocycles. The molecule has 0 aliphatic carbocycles. The smallest absolute Gasteiger partial charge is 0.248 e. The predicted molar refractivity (Wildman–Crippen MR) is 91.8 cm³/mol. The van der Waals surface area contributed by atoms with Crippen LogP contribution in [-0.4, -0.2) is 30.1 Å². The Morgan fingerprint density at radius 2 is 1.96 bits per heavy atom. The molecule has 2 aromatic rings. The number of carbonyl (C=O) groups excluding carboxylic acids is 2. The maximum absolute atomic E-state index is 12.3. The highest BCUT2D eigenvalue weighted by molar-refractivity contribution is 5.95. The number of amides is 2. The molecule has 24 heavy (non-hydrogen) atoms. The van der Waals surface area contributed by atoms with Crippen molar-refractivity contribution >= 4 is 23.3 Å². The summed E-state index contributed by atoms with van der Waals surface area (Å²) in [5.74, 6) is 0.821. The first-order valence-corrected chi connectivity index (χ1v) is 7.82. The van der Waals surface area contributed by atoms with Crippen LogP contribution in [0.25, 0.3) is 0 Å². The molecule has 1 unspecified atom stereocenters. The summed E-state index contributed by atoms with van der Waals surface area (Å²) >= 11 is 0. The van der Waals surface area contributed by atoms with Crippen molar-refractivity contribution in [3.05, 3.63) is 41.7 Å². The first kappa shape index (κ1) is 17.5. The fraction of sp³-hybridized carbons (Fsp3) is 0.353. The van der Waals surface area contributed by atoms with Gasteiger partial charge in [-0.1, -0.05) is 24.2 Å². The van der Waals surface area contributed by atoms with Crippen LogP contribution in [0.15, 0.2) is 34.9 Å². The minimum atomic E-state index is -0.396. The van der Waals surface area contributed by atoms with Crippen molar-refractivity contribution in [3.63, 3.8) is 0 Å². The maximum atomic E-state index is 12.3. The molecule has 7 heteroatoms. The molecular weight excluding hydrogens is 308 g/mol. The number of anilines is 2. The van der Waals surface area contributed by atoms with Crippen molar-refractivity contribution in [2.24, 2.45) is 0 Å². The van der Waals surface area contributed by atoms with Crippen LogP contribution in [0.5, 0.6) is 0 Å². The number of aromatic nitrogens is 1. The minimum Gasteiger partial charge on any atom is -0.374 e. The summed E-state index contributed by atoms with van der Waals surface area (Å²) < 4.78 is 4.93. The lowest BCUT2D eigenvalue weighted by Crippen LogP contribution is -2.34. The van der Waals surface area contributed by atoms with E-state index in [1.165, 1.54) is 0 Å². The van der Waals surface area contributed by atoms with Gasteiger partial charge in [0.05, 0.1) is 6.42 Å². The SMILES string of the molecule is CCC(Nc1ccc(CC(=O)NC)cc1)C(=O)Nc1cc(C)on1. The minimum absolute atomic E-state index is 0.0376. The predicted octanol–water partition coefficient (Wildman–Crippen LogP) is 2.10. The van der Waals surface area contributed by atoms with E-state index in [2.05, 4.69) is 21.1 Å². The van der Waals surface area contributed by atoms with Crippen LogP contribution >= 0.6 is 0 Å². The van der Waals surface area contributed by atoms with Crippen molar-refractivity contribution in [1.29, 1.82) is 0 Å². The molecule has 1 aromatic heterocycles. The molecule has 2 rings (SSSR count). The number of likely N-dealkylation sites (N-methyl/N-ethyl adjacent to an activating group) is 1. The quantitative estimate of drug-likeness (QED) is 0.722. The molecular formula is C17H22N4O3. The molecule has 3 N–H and O–H groups in total. The topological polar surface area (TPSA) is 96.3 Å². The molecule has 2 amide bonds. The van der Waals surface area contributed by atoms with Gasteiger partial charge in [-0.25, -0.2) is 0 Å². The Kier molecular flexibility index (Phi) is 5.95. The molecule has 1 heterocycles. The highest BCUT2D eigenvalue weighted by Gasteiger charge is 2.17. The number of aryl methyl sites for hydroxylation is 1. The second-order valence-electron chi connectivity index (χ2n) is 5.46. The van der Waals surface area contributed by atoms with E-state index >= 15 is 0 Å². The van der Waals surface area contributed by atoms with E-state index in [0.717, 1.165) is 11.3 Å². The monoisotopic (exact) mass is 330 g/mol. The Balaban J connectivity index is 1.96. The van der Waals surface area contributed by atoms with E-state index in [0.29, 0.717) is 24.4 Å². The van der Waals surface area contributed by atoms with E-state index in [9.17, 15) is 9.59 Å². The highest BCUT2D eigenvalue weighted by atomic mass is 16.5. The van der Waals surface area contributed by atoms with Gasteiger partial charge in [0, 0.05) is 18.8 Å². The molecule has 1 atom stereocenters. The molecule has 0 saturated carbocycles. The Morgan fingerprint density at radius 1 is 1.25 bits per heavy atom. The van der Waals surface area contributed by atoms with Crippen molar-refractivity contribution < 1.29 is 14.1 Å². The molecule has 0 spiro atoms. The van der Waals surface area contributed by atoms with E-state index < -0.39 is 6.04 Å². The van der Waals surface area contributed by atoms with Crippen LogP contribution in [0, 0.1) is 6.92 Å². The van der Waals surface area contributed by atoms with Gasteiger partial charge in [-0.05, 0) is 31.0 Å². The van der Waals surface area contributed by atoms with Crippen LogP contribution in [-0.2, 0) is 16.0 Å². The molecule has 0 aliphatic rings.